The summed E-state index contributed by atoms with van der Waals surface area (Å²) in [6.45, 7) is 2.11. The lowest BCUT2D eigenvalue weighted by molar-refractivity contribution is 0.751. The van der Waals surface area contributed by atoms with Gasteiger partial charge in [0.15, 0.2) is 5.84 Å². The Balaban J connectivity index is 1.09. The standard InChI is InChI=1S/C60H56N6S/c1-2-44(32-19-36-55(63-40-42-21-8-3-9-22-42)65-58(61)46-26-12-5-13-27-46)50-38-53(57-54(39-50)52-35-20-34-51(56(52)67-57)45-24-10-4-11-25-45)49-33-18-23-43(37-49)41-64-60(48-30-16-7-17-31-48)66-59(62)47-28-14-6-15-29-47/h2,4-8,10-12,14-26,28,30-33,35,37-41,47,51,58,62H,3,9,13,27,29,34,36,61H2,1H3/b32-19-,44-2+,62-59?,63-40?,64-41?,65-55?,66-60?. The molecule has 0 saturated carbocycles. The van der Waals surface area contributed by atoms with Crippen LogP contribution in [0, 0.1) is 11.3 Å². The fourth-order valence-electron chi connectivity index (χ4n) is 8.89. The van der Waals surface area contributed by atoms with E-state index in [1.807, 2.05) is 72.3 Å². The predicted molar refractivity (Wildman–Crippen MR) is 288 cm³/mol. The Hall–Kier alpha value is -7.19. The van der Waals surface area contributed by atoms with Crippen LogP contribution in [0.1, 0.15) is 90.5 Å². The van der Waals surface area contributed by atoms with E-state index in [0.29, 0.717) is 23.9 Å². The Bertz CT molecular complexity index is 3030. The molecule has 0 fully saturated rings. The predicted octanol–water partition coefficient (Wildman–Crippen LogP) is 14.7. The molecule has 3 unspecified atom stereocenters. The van der Waals surface area contributed by atoms with Gasteiger partial charge in [-0.25, -0.2) is 20.0 Å². The number of thiophene rings is 1. The van der Waals surface area contributed by atoms with Crippen LogP contribution in [0.3, 0.4) is 0 Å². The number of nitrogens with two attached hydrogens (primary N) is 1. The quantitative estimate of drug-likeness (QED) is 0.0728. The highest BCUT2D eigenvalue weighted by Gasteiger charge is 2.25. The fourth-order valence-corrected chi connectivity index (χ4v) is 10.3. The van der Waals surface area contributed by atoms with Crippen LogP contribution in [0.2, 0.25) is 0 Å². The van der Waals surface area contributed by atoms with Gasteiger partial charge in [-0.2, -0.15) is 0 Å². The summed E-state index contributed by atoms with van der Waals surface area (Å²) in [5.41, 5.74) is 17.9. The number of amidine groups is 3. The Morgan fingerprint density at radius 1 is 0.821 bits per heavy atom. The maximum absolute atomic E-state index is 8.87. The topological polar surface area (TPSA) is 99.3 Å². The first-order valence-electron chi connectivity index (χ1n) is 23.4. The number of aliphatic imine (C=N–C) groups is 4. The maximum atomic E-state index is 8.87. The van der Waals surface area contributed by atoms with E-state index in [4.69, 9.17) is 31.1 Å². The molecular formula is C60H56N6S. The van der Waals surface area contributed by atoms with E-state index in [0.717, 1.165) is 77.5 Å². The van der Waals surface area contributed by atoms with Crippen molar-refractivity contribution in [3.05, 3.63) is 226 Å². The molecule has 3 N–H and O–H groups in total. The van der Waals surface area contributed by atoms with Gasteiger partial charge < -0.3 is 5.73 Å². The van der Waals surface area contributed by atoms with E-state index in [2.05, 4.69) is 147 Å². The monoisotopic (exact) mass is 892 g/mol. The molecule has 1 aromatic heterocycles. The minimum absolute atomic E-state index is 0.0764. The zero-order valence-electron chi connectivity index (χ0n) is 38.0. The Morgan fingerprint density at radius 3 is 2.46 bits per heavy atom. The summed E-state index contributed by atoms with van der Waals surface area (Å²) in [5.74, 6) is 1.73. The molecule has 7 heteroatoms. The van der Waals surface area contributed by atoms with Crippen LogP contribution in [-0.2, 0) is 0 Å². The Morgan fingerprint density at radius 2 is 1.69 bits per heavy atom. The third kappa shape index (κ3) is 11.1. The summed E-state index contributed by atoms with van der Waals surface area (Å²) >= 11 is 1.91. The van der Waals surface area contributed by atoms with E-state index in [1.165, 1.54) is 31.7 Å². The van der Waals surface area contributed by atoms with Crippen molar-refractivity contribution in [3.8, 4) is 11.1 Å². The molecule has 5 aromatic rings. The van der Waals surface area contributed by atoms with E-state index >= 15 is 0 Å². The molecule has 1 heterocycles. The molecule has 0 amide bonds. The van der Waals surface area contributed by atoms with Gasteiger partial charge in [-0.3, -0.25) is 5.41 Å². The smallest absolute Gasteiger partial charge is 0.161 e. The number of hydrogen-bond donors (Lipinski definition) is 2. The average molecular weight is 893 g/mol. The third-order valence-corrected chi connectivity index (χ3v) is 13.9. The summed E-state index contributed by atoms with van der Waals surface area (Å²) in [6.07, 6.45) is 41.8. The van der Waals surface area contributed by atoms with Gasteiger partial charge in [0.1, 0.15) is 17.8 Å². The van der Waals surface area contributed by atoms with Crippen molar-refractivity contribution in [3.63, 3.8) is 0 Å². The van der Waals surface area contributed by atoms with Crippen LogP contribution in [0.15, 0.2) is 213 Å². The van der Waals surface area contributed by atoms with Crippen molar-refractivity contribution in [2.24, 2.45) is 31.6 Å². The van der Waals surface area contributed by atoms with Gasteiger partial charge >= 0.3 is 0 Å². The van der Waals surface area contributed by atoms with Crippen molar-refractivity contribution in [2.45, 2.75) is 64.0 Å². The van der Waals surface area contributed by atoms with Crippen molar-refractivity contribution < 1.29 is 0 Å². The number of hydrogen-bond acceptors (Lipinski definition) is 4. The second kappa shape index (κ2) is 21.9. The van der Waals surface area contributed by atoms with E-state index in [-0.39, 0.29) is 11.8 Å². The lowest BCUT2D eigenvalue weighted by Gasteiger charge is -2.19. The molecule has 6 nitrogen and oxygen atoms in total. The second-order valence-electron chi connectivity index (χ2n) is 17.1. The molecule has 4 aromatic carbocycles. The summed E-state index contributed by atoms with van der Waals surface area (Å²) in [7, 11) is 0. The molecule has 3 atom stereocenters. The van der Waals surface area contributed by atoms with Gasteiger partial charge in [0.25, 0.3) is 0 Å². The van der Waals surface area contributed by atoms with Crippen LogP contribution >= 0.6 is 11.3 Å². The van der Waals surface area contributed by atoms with Crippen LogP contribution in [0.5, 0.6) is 0 Å². The number of fused-ring (bicyclic) bond motifs is 3. The van der Waals surface area contributed by atoms with Crippen molar-refractivity contribution in [1.29, 1.82) is 5.41 Å². The summed E-state index contributed by atoms with van der Waals surface area (Å²) in [4.78, 5) is 21.0. The van der Waals surface area contributed by atoms with Gasteiger partial charge in [0, 0.05) is 56.8 Å². The molecule has 0 saturated heterocycles. The first kappa shape index (κ1) is 45.0. The SMILES string of the molecule is C/C=C(\C=C/CC(N=CC1=CCCC=C1)=NC(N)C1=CC=CCC1)c1cc(-c2cccc(C=NC(=NC(=N)C3C=CC=CC3)c3ccccc3)c2)c2sc3c(c2c1)C=CCC3c1ccccc1. The van der Waals surface area contributed by atoms with Gasteiger partial charge in [-0.15, -0.1) is 11.3 Å². The highest BCUT2D eigenvalue weighted by molar-refractivity contribution is 7.20. The highest BCUT2D eigenvalue weighted by Crippen LogP contribution is 2.48. The number of benzene rings is 4. The van der Waals surface area contributed by atoms with Crippen LogP contribution in [0.4, 0.5) is 0 Å². The van der Waals surface area contributed by atoms with Crippen LogP contribution < -0.4 is 5.73 Å². The Labute approximate surface area is 399 Å². The molecule has 9 rings (SSSR count). The molecule has 332 valence electrons. The van der Waals surface area contributed by atoms with Gasteiger partial charge in [-0.05, 0) is 108 Å². The van der Waals surface area contributed by atoms with Crippen LogP contribution in [-0.4, -0.2) is 36.1 Å². The normalized spacial score (nSPS) is 19.2. The van der Waals surface area contributed by atoms with E-state index in [9.17, 15) is 0 Å². The van der Waals surface area contributed by atoms with E-state index < -0.39 is 6.17 Å². The van der Waals surface area contributed by atoms with Gasteiger partial charge in [0.05, 0.1) is 0 Å². The largest absolute Gasteiger partial charge is 0.306 e. The summed E-state index contributed by atoms with van der Waals surface area (Å²) < 4.78 is 1.26. The van der Waals surface area contributed by atoms with Crippen molar-refractivity contribution >= 4 is 63.0 Å². The summed E-state index contributed by atoms with van der Waals surface area (Å²) in [6, 6.07) is 34.2. The molecule has 67 heavy (non-hydrogen) atoms. The molecule has 4 aliphatic carbocycles. The molecule has 0 aliphatic heterocycles. The van der Waals surface area contributed by atoms with Crippen molar-refractivity contribution in [2.75, 3.05) is 0 Å². The molecule has 0 radical (unpaired) electrons. The van der Waals surface area contributed by atoms with Gasteiger partial charge in [0.2, 0.25) is 0 Å². The summed E-state index contributed by atoms with van der Waals surface area (Å²) in [5, 5.41) is 10.1. The highest BCUT2D eigenvalue weighted by atomic mass is 32.1. The van der Waals surface area contributed by atoms with Crippen molar-refractivity contribution in [1.82, 2.24) is 0 Å². The molecule has 4 aliphatic rings. The number of nitrogens with zero attached hydrogens (tertiary/aromatic N) is 4. The average Bonchev–Trinajstić information content (AvgIpc) is 3.78. The Kier molecular flexibility index (Phi) is 14.7. The molecular weight excluding hydrogens is 837 g/mol. The lowest BCUT2D eigenvalue weighted by atomic mass is 9.86. The van der Waals surface area contributed by atoms with Crippen LogP contribution in [0.25, 0.3) is 32.9 Å². The lowest BCUT2D eigenvalue weighted by Crippen LogP contribution is -2.22. The molecule has 0 spiro atoms. The first-order valence-corrected chi connectivity index (χ1v) is 24.3. The number of rotatable bonds is 12. The maximum Gasteiger partial charge on any atom is 0.161 e. The van der Waals surface area contributed by atoms with Gasteiger partial charge in [-0.1, -0.05) is 170 Å². The number of allylic oxidation sites excluding steroid dienone is 14. The zero-order chi connectivity index (χ0) is 45.8. The minimum atomic E-state index is -0.437. The number of nitrogens with one attached hydrogen (secondary N) is 1. The fraction of sp³-hybridized carbons (Fsp3) is 0.183. The first-order chi connectivity index (χ1) is 33.0. The third-order valence-electron chi connectivity index (χ3n) is 12.5. The second-order valence-corrected chi connectivity index (χ2v) is 18.2. The van der Waals surface area contributed by atoms with E-state index in [1.54, 1.807) is 0 Å². The molecule has 0 bridgehead atoms. The minimum Gasteiger partial charge on any atom is -0.306 e. The zero-order valence-corrected chi connectivity index (χ0v) is 38.8.